The molecule has 0 radical (unpaired) electrons. The molecule has 2 rings (SSSR count). The maximum absolute atomic E-state index is 12.6. The predicted molar refractivity (Wildman–Crippen MR) is 69.2 cm³/mol. The van der Waals surface area contributed by atoms with Crippen LogP contribution in [-0.4, -0.2) is 43.6 Å². The van der Waals surface area contributed by atoms with Crippen LogP contribution in [0, 0.1) is 6.92 Å². The smallest absolute Gasteiger partial charge is 0.244 e. The normalized spacial score (nSPS) is 22.3. The molecule has 2 heterocycles. The third-order valence-electron chi connectivity index (χ3n) is 3.01. The fraction of sp³-hybridized carbons (Fsp3) is 0.636. The van der Waals surface area contributed by atoms with E-state index in [2.05, 4.69) is 0 Å². The highest BCUT2D eigenvalue weighted by Crippen LogP contribution is 2.31. The Balaban J connectivity index is 2.44. The molecule has 7 heteroatoms. The van der Waals surface area contributed by atoms with Crippen molar-refractivity contribution in [3.05, 3.63) is 15.8 Å². The fourth-order valence-corrected chi connectivity index (χ4v) is 5.35. The number of hydrogen-bond acceptors (Lipinski definition) is 5. The van der Waals surface area contributed by atoms with Crippen LogP contribution < -0.4 is 0 Å². The summed E-state index contributed by atoms with van der Waals surface area (Å²) in [6, 6.07) is -0.172. The first kappa shape index (κ1) is 14.0. The fourth-order valence-electron chi connectivity index (χ4n) is 2.13. The molecule has 1 atom stereocenters. The lowest BCUT2D eigenvalue weighted by Gasteiger charge is -2.32. The summed E-state index contributed by atoms with van der Waals surface area (Å²) in [7, 11) is -3.54. The molecule has 18 heavy (non-hydrogen) atoms. The van der Waals surface area contributed by atoms with Crippen LogP contribution in [0.15, 0.2) is 10.3 Å². The number of rotatable bonds is 3. The Morgan fingerprint density at radius 2 is 2.33 bits per heavy atom. The number of hydrogen-bond donors (Lipinski definition) is 1. The van der Waals surface area contributed by atoms with Crippen molar-refractivity contribution < 1.29 is 18.3 Å². The molecule has 1 aromatic heterocycles. The second kappa shape index (κ2) is 5.26. The molecule has 0 amide bonds. The molecular weight excluding hydrogens is 274 g/mol. The van der Waals surface area contributed by atoms with Gasteiger partial charge in [-0.1, -0.05) is 0 Å². The van der Waals surface area contributed by atoms with Crippen LogP contribution in [0.2, 0.25) is 0 Å². The van der Waals surface area contributed by atoms with Crippen LogP contribution in [0.5, 0.6) is 0 Å². The Morgan fingerprint density at radius 3 is 2.94 bits per heavy atom. The minimum absolute atomic E-state index is 0.172. The van der Waals surface area contributed by atoms with Crippen molar-refractivity contribution in [2.75, 3.05) is 19.8 Å². The number of aryl methyl sites for hydroxylation is 1. The van der Waals surface area contributed by atoms with E-state index in [1.54, 1.807) is 12.3 Å². The van der Waals surface area contributed by atoms with Crippen LogP contribution in [-0.2, 0) is 21.4 Å². The lowest BCUT2D eigenvalue weighted by molar-refractivity contribution is 0.0392. The number of thiophene rings is 1. The first-order valence-electron chi connectivity index (χ1n) is 5.76. The summed E-state index contributed by atoms with van der Waals surface area (Å²) in [5.41, 5.74) is 0.697. The van der Waals surface area contributed by atoms with Gasteiger partial charge in [-0.15, -0.1) is 11.3 Å². The summed E-state index contributed by atoms with van der Waals surface area (Å²) < 4.78 is 32.0. The molecule has 5 nitrogen and oxygen atoms in total. The van der Waals surface area contributed by atoms with E-state index in [1.165, 1.54) is 15.6 Å². The van der Waals surface area contributed by atoms with Crippen molar-refractivity contribution in [1.82, 2.24) is 4.31 Å². The van der Waals surface area contributed by atoms with E-state index in [9.17, 15) is 13.5 Å². The molecule has 1 aliphatic rings. The van der Waals surface area contributed by atoms with Crippen molar-refractivity contribution >= 4 is 21.4 Å². The van der Waals surface area contributed by atoms with Crippen molar-refractivity contribution in [3.63, 3.8) is 0 Å². The van der Waals surface area contributed by atoms with Crippen LogP contribution >= 0.6 is 11.3 Å². The third-order valence-corrected chi connectivity index (χ3v) is 6.47. The van der Waals surface area contributed by atoms with E-state index >= 15 is 0 Å². The summed E-state index contributed by atoms with van der Waals surface area (Å²) >= 11 is 1.28. The Kier molecular flexibility index (Phi) is 4.08. The lowest BCUT2D eigenvalue weighted by atomic mass is 10.3. The Bertz CT molecular complexity index is 523. The largest absolute Gasteiger partial charge is 0.391 e. The van der Waals surface area contributed by atoms with Crippen LogP contribution in [0.25, 0.3) is 0 Å². The molecule has 1 saturated heterocycles. The van der Waals surface area contributed by atoms with Gasteiger partial charge in [0.05, 0.1) is 24.7 Å². The molecular formula is C11H17NO4S2. The second-order valence-corrected chi connectivity index (χ2v) is 7.16. The highest BCUT2D eigenvalue weighted by Gasteiger charge is 2.34. The average molecular weight is 291 g/mol. The standard InChI is InChI=1S/C11H17NO4S2/c1-8-7-17-10(5-13)11(8)18(14,15)12-3-4-16-6-9(12)2/h7,9,13H,3-6H2,1-2H3. The van der Waals surface area contributed by atoms with E-state index in [-0.39, 0.29) is 17.5 Å². The number of aliphatic hydroxyl groups is 1. The maximum Gasteiger partial charge on any atom is 0.244 e. The zero-order valence-electron chi connectivity index (χ0n) is 10.4. The van der Waals surface area contributed by atoms with Gasteiger partial charge in [-0.2, -0.15) is 4.31 Å². The highest BCUT2D eigenvalue weighted by atomic mass is 32.2. The van der Waals surface area contributed by atoms with E-state index in [0.717, 1.165) is 0 Å². The maximum atomic E-state index is 12.6. The van der Waals surface area contributed by atoms with Gasteiger partial charge in [0.2, 0.25) is 10.0 Å². The molecule has 0 aromatic carbocycles. The summed E-state index contributed by atoms with van der Waals surface area (Å²) in [5, 5.41) is 11.0. The minimum Gasteiger partial charge on any atom is -0.391 e. The number of morpholine rings is 1. The van der Waals surface area contributed by atoms with Gasteiger partial charge in [0.25, 0.3) is 0 Å². The highest BCUT2D eigenvalue weighted by molar-refractivity contribution is 7.89. The van der Waals surface area contributed by atoms with Gasteiger partial charge < -0.3 is 9.84 Å². The van der Waals surface area contributed by atoms with Crippen LogP contribution in [0.1, 0.15) is 17.4 Å². The molecule has 1 fully saturated rings. The molecule has 0 aliphatic carbocycles. The molecule has 0 bridgehead atoms. The predicted octanol–water partition coefficient (Wildman–Crippen LogP) is 0.958. The van der Waals surface area contributed by atoms with Crippen molar-refractivity contribution in [2.45, 2.75) is 31.4 Å². The van der Waals surface area contributed by atoms with Gasteiger partial charge in [-0.25, -0.2) is 8.42 Å². The number of nitrogens with zero attached hydrogens (tertiary/aromatic N) is 1. The van der Waals surface area contributed by atoms with Gasteiger partial charge >= 0.3 is 0 Å². The first-order valence-corrected chi connectivity index (χ1v) is 8.08. The zero-order valence-corrected chi connectivity index (χ0v) is 12.1. The van der Waals surface area contributed by atoms with Crippen molar-refractivity contribution in [2.24, 2.45) is 0 Å². The van der Waals surface area contributed by atoms with Gasteiger partial charge in [0.15, 0.2) is 0 Å². The Labute approximate surface area is 111 Å². The van der Waals surface area contributed by atoms with E-state index in [0.29, 0.717) is 30.2 Å². The van der Waals surface area contributed by atoms with Gasteiger partial charge in [0.1, 0.15) is 4.90 Å². The molecule has 0 spiro atoms. The molecule has 1 N–H and O–H groups in total. The van der Waals surface area contributed by atoms with Crippen molar-refractivity contribution in [3.8, 4) is 0 Å². The summed E-state index contributed by atoms with van der Waals surface area (Å²) in [6.45, 7) is 4.54. The molecule has 1 unspecified atom stereocenters. The average Bonchev–Trinajstić information content (AvgIpc) is 2.71. The number of ether oxygens (including phenoxy) is 1. The Hall–Kier alpha value is -0.470. The van der Waals surface area contributed by atoms with E-state index in [4.69, 9.17) is 4.74 Å². The summed E-state index contributed by atoms with van der Waals surface area (Å²) in [4.78, 5) is 0.773. The zero-order chi connectivity index (χ0) is 13.3. The lowest BCUT2D eigenvalue weighted by Crippen LogP contribution is -2.47. The van der Waals surface area contributed by atoms with E-state index < -0.39 is 10.0 Å². The SMILES string of the molecule is Cc1csc(CO)c1S(=O)(=O)N1CCOCC1C. The monoisotopic (exact) mass is 291 g/mol. The van der Waals surface area contributed by atoms with Crippen molar-refractivity contribution in [1.29, 1.82) is 0 Å². The van der Waals surface area contributed by atoms with E-state index in [1.807, 2.05) is 6.92 Å². The molecule has 1 aromatic rings. The molecule has 1 aliphatic heterocycles. The quantitative estimate of drug-likeness (QED) is 0.900. The van der Waals surface area contributed by atoms with Crippen LogP contribution in [0.3, 0.4) is 0 Å². The molecule has 0 saturated carbocycles. The Morgan fingerprint density at radius 1 is 1.61 bits per heavy atom. The minimum atomic E-state index is -3.54. The number of aliphatic hydroxyl groups excluding tert-OH is 1. The summed E-state index contributed by atoms with van der Waals surface area (Å²) in [6.07, 6.45) is 0. The van der Waals surface area contributed by atoms with Gasteiger partial charge in [-0.05, 0) is 24.8 Å². The second-order valence-electron chi connectivity index (χ2n) is 4.37. The number of sulfonamides is 1. The molecule has 102 valence electrons. The van der Waals surface area contributed by atoms with Crippen LogP contribution in [0.4, 0.5) is 0 Å². The van der Waals surface area contributed by atoms with Gasteiger partial charge in [-0.3, -0.25) is 0 Å². The third kappa shape index (κ3) is 2.33. The van der Waals surface area contributed by atoms with Gasteiger partial charge in [0, 0.05) is 12.6 Å². The first-order chi connectivity index (χ1) is 8.48. The summed E-state index contributed by atoms with van der Waals surface area (Å²) in [5.74, 6) is 0. The topological polar surface area (TPSA) is 66.8 Å².